The molecule has 0 aliphatic carbocycles. The smallest absolute Gasteiger partial charge is 0.257 e. The van der Waals surface area contributed by atoms with Gasteiger partial charge in [-0.2, -0.15) is 0 Å². The molecule has 2 amide bonds. The van der Waals surface area contributed by atoms with Gasteiger partial charge in [0.15, 0.2) is 5.13 Å². The topological polar surface area (TPSA) is 71.5 Å². The zero-order valence-corrected chi connectivity index (χ0v) is 16.5. The van der Waals surface area contributed by atoms with Crippen molar-refractivity contribution in [3.8, 4) is 5.75 Å². The van der Waals surface area contributed by atoms with Crippen molar-refractivity contribution >= 4 is 28.3 Å². The Morgan fingerprint density at radius 1 is 1.11 bits per heavy atom. The molecular weight excluding hydrogens is 374 g/mol. The standard InChI is InChI=1S/C21H21N3O3S/c1-24(13-15-6-4-3-5-7-15)19(25)12-17-14-28-21(22-17)23-20(26)16-8-10-18(27-2)11-9-16/h3-11,14H,12-13H2,1-2H3,(H,22,23,26). The molecule has 0 spiro atoms. The van der Waals surface area contributed by atoms with Crippen LogP contribution in [0.15, 0.2) is 60.0 Å². The van der Waals surface area contributed by atoms with E-state index in [1.54, 1.807) is 48.7 Å². The number of aromatic nitrogens is 1. The number of thiazole rings is 1. The molecule has 0 aliphatic rings. The second kappa shape index (κ2) is 9.14. The van der Waals surface area contributed by atoms with Crippen LogP contribution in [-0.4, -0.2) is 35.9 Å². The summed E-state index contributed by atoms with van der Waals surface area (Å²) in [4.78, 5) is 30.7. The molecule has 6 nitrogen and oxygen atoms in total. The lowest BCUT2D eigenvalue weighted by Crippen LogP contribution is -2.27. The minimum absolute atomic E-state index is 0.0258. The van der Waals surface area contributed by atoms with Gasteiger partial charge in [0.25, 0.3) is 5.91 Å². The molecule has 1 N–H and O–H groups in total. The highest BCUT2D eigenvalue weighted by Crippen LogP contribution is 2.18. The summed E-state index contributed by atoms with van der Waals surface area (Å²) in [5.41, 5.74) is 2.22. The first kappa shape index (κ1) is 19.6. The van der Waals surface area contributed by atoms with E-state index in [0.717, 1.165) is 5.56 Å². The fourth-order valence-corrected chi connectivity index (χ4v) is 3.30. The molecule has 0 fully saturated rings. The lowest BCUT2D eigenvalue weighted by molar-refractivity contribution is -0.129. The first-order valence-electron chi connectivity index (χ1n) is 8.73. The van der Waals surface area contributed by atoms with Crippen LogP contribution >= 0.6 is 11.3 Å². The SMILES string of the molecule is COc1ccc(C(=O)Nc2nc(CC(=O)N(C)Cc3ccccc3)cs2)cc1. The van der Waals surface area contributed by atoms with Gasteiger partial charge < -0.3 is 9.64 Å². The van der Waals surface area contributed by atoms with Gasteiger partial charge in [0.1, 0.15) is 5.75 Å². The average Bonchev–Trinajstić information content (AvgIpc) is 3.15. The Hall–Kier alpha value is -3.19. The van der Waals surface area contributed by atoms with Crippen LogP contribution in [0.4, 0.5) is 5.13 Å². The van der Waals surface area contributed by atoms with Gasteiger partial charge in [-0.05, 0) is 29.8 Å². The lowest BCUT2D eigenvalue weighted by atomic mass is 10.2. The van der Waals surface area contributed by atoms with E-state index in [4.69, 9.17) is 4.74 Å². The number of rotatable bonds is 7. The van der Waals surface area contributed by atoms with Crippen molar-refractivity contribution < 1.29 is 14.3 Å². The summed E-state index contributed by atoms with van der Waals surface area (Å²) >= 11 is 1.30. The molecule has 1 aromatic heterocycles. The van der Waals surface area contributed by atoms with Crippen molar-refractivity contribution in [1.29, 1.82) is 0 Å². The molecule has 7 heteroatoms. The summed E-state index contributed by atoms with van der Waals surface area (Å²) < 4.78 is 5.09. The number of hydrogen-bond acceptors (Lipinski definition) is 5. The molecule has 28 heavy (non-hydrogen) atoms. The number of methoxy groups -OCH3 is 1. The summed E-state index contributed by atoms with van der Waals surface area (Å²) in [6.45, 7) is 0.547. The molecule has 144 valence electrons. The molecule has 0 bridgehead atoms. The highest BCUT2D eigenvalue weighted by atomic mass is 32.1. The van der Waals surface area contributed by atoms with Crippen LogP contribution in [0, 0.1) is 0 Å². The van der Waals surface area contributed by atoms with Crippen molar-refractivity contribution in [2.75, 3.05) is 19.5 Å². The highest BCUT2D eigenvalue weighted by Gasteiger charge is 2.14. The molecule has 0 saturated carbocycles. The van der Waals surface area contributed by atoms with Gasteiger partial charge in [0, 0.05) is 24.5 Å². The molecule has 0 unspecified atom stereocenters. The van der Waals surface area contributed by atoms with Gasteiger partial charge in [0.2, 0.25) is 5.91 Å². The number of nitrogens with zero attached hydrogens (tertiary/aromatic N) is 2. The Bertz CT molecular complexity index is 939. The maximum Gasteiger partial charge on any atom is 0.257 e. The van der Waals surface area contributed by atoms with Crippen LogP contribution in [0.1, 0.15) is 21.6 Å². The predicted molar refractivity (Wildman–Crippen MR) is 110 cm³/mol. The molecule has 3 aromatic rings. The lowest BCUT2D eigenvalue weighted by Gasteiger charge is -2.16. The maximum atomic E-state index is 12.4. The third-order valence-corrected chi connectivity index (χ3v) is 4.95. The molecular formula is C21H21N3O3S. The van der Waals surface area contributed by atoms with E-state index in [1.807, 2.05) is 30.3 Å². The Labute approximate surface area is 167 Å². The minimum atomic E-state index is -0.254. The number of likely N-dealkylation sites (N-methyl/N-ethyl adjacent to an activating group) is 1. The fraction of sp³-hybridized carbons (Fsp3) is 0.190. The van der Waals surface area contributed by atoms with Crippen LogP contribution < -0.4 is 10.1 Å². The van der Waals surface area contributed by atoms with E-state index in [2.05, 4.69) is 10.3 Å². The van der Waals surface area contributed by atoms with Gasteiger partial charge in [-0.3, -0.25) is 14.9 Å². The number of amides is 2. The number of hydrogen-bond donors (Lipinski definition) is 1. The van der Waals surface area contributed by atoms with E-state index >= 15 is 0 Å². The molecule has 3 rings (SSSR count). The van der Waals surface area contributed by atoms with E-state index in [1.165, 1.54) is 11.3 Å². The van der Waals surface area contributed by atoms with Gasteiger partial charge in [-0.1, -0.05) is 30.3 Å². The Kier molecular flexibility index (Phi) is 6.39. The van der Waals surface area contributed by atoms with Crippen LogP contribution in [0.25, 0.3) is 0 Å². The quantitative estimate of drug-likeness (QED) is 0.663. The Morgan fingerprint density at radius 2 is 1.82 bits per heavy atom. The molecule has 0 saturated heterocycles. The normalized spacial score (nSPS) is 10.4. The van der Waals surface area contributed by atoms with Crippen LogP contribution in [0.2, 0.25) is 0 Å². The van der Waals surface area contributed by atoms with E-state index in [-0.39, 0.29) is 18.2 Å². The third kappa shape index (κ3) is 5.17. The number of carbonyl (C=O) groups excluding carboxylic acids is 2. The van der Waals surface area contributed by atoms with Crippen molar-refractivity contribution in [3.63, 3.8) is 0 Å². The second-order valence-electron chi connectivity index (χ2n) is 6.24. The fourth-order valence-electron chi connectivity index (χ4n) is 2.59. The van der Waals surface area contributed by atoms with Gasteiger partial charge in [0.05, 0.1) is 19.2 Å². The van der Waals surface area contributed by atoms with Crippen LogP contribution in [0.3, 0.4) is 0 Å². The van der Waals surface area contributed by atoms with E-state index in [9.17, 15) is 9.59 Å². The molecule has 1 heterocycles. The van der Waals surface area contributed by atoms with Gasteiger partial charge in [-0.15, -0.1) is 11.3 Å². The third-order valence-electron chi connectivity index (χ3n) is 4.15. The zero-order valence-electron chi connectivity index (χ0n) is 15.7. The van der Waals surface area contributed by atoms with Gasteiger partial charge in [-0.25, -0.2) is 4.98 Å². The summed E-state index contributed by atoms with van der Waals surface area (Å²) in [5.74, 6) is 0.407. The summed E-state index contributed by atoms with van der Waals surface area (Å²) in [5, 5.41) is 5.02. The second-order valence-corrected chi connectivity index (χ2v) is 7.10. The average molecular weight is 395 g/mol. The molecule has 0 atom stereocenters. The zero-order chi connectivity index (χ0) is 19.9. The first-order chi connectivity index (χ1) is 13.5. The number of benzene rings is 2. The number of anilines is 1. The largest absolute Gasteiger partial charge is 0.497 e. The summed E-state index contributed by atoms with van der Waals surface area (Å²) in [7, 11) is 3.35. The van der Waals surface area contributed by atoms with Crippen molar-refractivity contribution in [3.05, 3.63) is 76.8 Å². The van der Waals surface area contributed by atoms with Crippen molar-refractivity contribution in [2.24, 2.45) is 0 Å². The summed E-state index contributed by atoms with van der Waals surface area (Å²) in [6.07, 6.45) is 0.193. The van der Waals surface area contributed by atoms with E-state index < -0.39 is 0 Å². The van der Waals surface area contributed by atoms with Crippen LogP contribution in [-0.2, 0) is 17.8 Å². The van der Waals surface area contributed by atoms with Crippen LogP contribution in [0.5, 0.6) is 5.75 Å². The molecule has 2 aromatic carbocycles. The van der Waals surface area contributed by atoms with Gasteiger partial charge >= 0.3 is 0 Å². The Morgan fingerprint density at radius 3 is 2.50 bits per heavy atom. The molecule has 0 aliphatic heterocycles. The highest BCUT2D eigenvalue weighted by molar-refractivity contribution is 7.14. The number of nitrogens with one attached hydrogen (secondary N) is 1. The van der Waals surface area contributed by atoms with E-state index in [0.29, 0.717) is 28.7 Å². The number of ether oxygens (including phenoxy) is 1. The monoisotopic (exact) mass is 395 g/mol. The maximum absolute atomic E-state index is 12.4. The summed E-state index contributed by atoms with van der Waals surface area (Å²) in [6, 6.07) is 16.6. The predicted octanol–water partition coefficient (Wildman–Crippen LogP) is 3.61. The minimum Gasteiger partial charge on any atom is -0.497 e. The Balaban J connectivity index is 1.55. The van der Waals surface area contributed by atoms with Crippen molar-refractivity contribution in [1.82, 2.24) is 9.88 Å². The number of carbonyl (C=O) groups is 2. The first-order valence-corrected chi connectivity index (χ1v) is 9.61. The molecule has 0 radical (unpaired) electrons. The van der Waals surface area contributed by atoms with Crippen molar-refractivity contribution in [2.45, 2.75) is 13.0 Å².